The first-order chi connectivity index (χ1) is 15.0. The van der Waals surface area contributed by atoms with Crippen LogP contribution in [-0.4, -0.2) is 30.3 Å². The summed E-state index contributed by atoms with van der Waals surface area (Å²) >= 11 is 6.01. The minimum Gasteiger partial charge on any atom is -0.467 e. The lowest BCUT2D eigenvalue weighted by Gasteiger charge is -2.20. The van der Waals surface area contributed by atoms with Crippen molar-refractivity contribution in [2.24, 2.45) is 5.10 Å². The maximum atomic E-state index is 13.1. The summed E-state index contributed by atoms with van der Waals surface area (Å²) in [6.45, 7) is 2.09. The van der Waals surface area contributed by atoms with E-state index in [0.29, 0.717) is 17.2 Å². The number of nitrogens with one attached hydrogen (secondary N) is 1. The highest BCUT2D eigenvalue weighted by Gasteiger charge is 2.34. The average molecular weight is 438 g/mol. The van der Waals surface area contributed by atoms with Gasteiger partial charge in [0.1, 0.15) is 11.8 Å². The molecule has 1 aromatic heterocycles. The van der Waals surface area contributed by atoms with E-state index in [4.69, 9.17) is 20.8 Å². The van der Waals surface area contributed by atoms with Gasteiger partial charge in [0.25, 0.3) is 5.91 Å². The fraction of sp³-hybridized carbons (Fsp3) is 0.250. The number of hydrogen-bond donors (Lipinski definition) is 1. The zero-order valence-corrected chi connectivity index (χ0v) is 18.2. The number of anilines is 1. The van der Waals surface area contributed by atoms with Crippen LogP contribution in [0.4, 0.5) is 5.69 Å². The second-order valence-corrected chi connectivity index (χ2v) is 7.82. The Kier molecular flexibility index (Phi) is 6.39. The minimum atomic E-state index is -0.283. The fourth-order valence-electron chi connectivity index (χ4n) is 3.56. The van der Waals surface area contributed by atoms with Crippen molar-refractivity contribution >= 4 is 28.9 Å². The molecule has 0 saturated heterocycles. The van der Waals surface area contributed by atoms with E-state index in [1.54, 1.807) is 13.4 Å². The number of carbonyl (C=O) groups is 1. The summed E-state index contributed by atoms with van der Waals surface area (Å²) in [5, 5.41) is 10.0. The van der Waals surface area contributed by atoms with Gasteiger partial charge in [0.05, 0.1) is 24.6 Å². The lowest BCUT2D eigenvalue weighted by atomic mass is 10.0. The number of benzene rings is 2. The molecule has 160 valence electrons. The van der Waals surface area contributed by atoms with Crippen molar-refractivity contribution in [2.75, 3.05) is 19.0 Å². The van der Waals surface area contributed by atoms with E-state index < -0.39 is 0 Å². The first-order valence-corrected chi connectivity index (χ1v) is 10.5. The molecule has 0 aliphatic carbocycles. The van der Waals surface area contributed by atoms with E-state index in [9.17, 15) is 4.79 Å². The van der Waals surface area contributed by atoms with E-state index in [1.165, 1.54) is 5.01 Å². The smallest absolute Gasteiger partial charge is 0.262 e. The second-order valence-electron chi connectivity index (χ2n) is 7.38. The van der Waals surface area contributed by atoms with Gasteiger partial charge in [-0.1, -0.05) is 35.9 Å². The van der Waals surface area contributed by atoms with Crippen LogP contribution in [0.25, 0.3) is 0 Å². The third-order valence-corrected chi connectivity index (χ3v) is 5.62. The molecule has 2 atom stereocenters. The van der Waals surface area contributed by atoms with Crippen LogP contribution in [0.1, 0.15) is 42.4 Å². The SMILES string of the molecule is COC(C)c1cccc(NCC(=O)N2N=C(c3ccc(Cl)cc3)CC2c2ccco2)c1. The molecule has 0 spiro atoms. The molecule has 0 radical (unpaired) electrons. The summed E-state index contributed by atoms with van der Waals surface area (Å²) in [5.74, 6) is 0.563. The van der Waals surface area contributed by atoms with E-state index in [0.717, 1.165) is 22.5 Å². The number of ether oxygens (including phenoxy) is 1. The van der Waals surface area contributed by atoms with Crippen molar-refractivity contribution in [3.8, 4) is 0 Å². The van der Waals surface area contributed by atoms with Gasteiger partial charge in [-0.3, -0.25) is 4.79 Å². The molecule has 1 aliphatic rings. The minimum absolute atomic E-state index is 0.0223. The van der Waals surface area contributed by atoms with Crippen LogP contribution in [0.2, 0.25) is 5.02 Å². The van der Waals surface area contributed by atoms with E-state index in [2.05, 4.69) is 10.4 Å². The van der Waals surface area contributed by atoms with Crippen molar-refractivity contribution in [2.45, 2.75) is 25.5 Å². The highest BCUT2D eigenvalue weighted by Crippen LogP contribution is 2.33. The Hall–Kier alpha value is -3.09. The molecule has 6 nitrogen and oxygen atoms in total. The number of amides is 1. The molecule has 0 bridgehead atoms. The first kappa shape index (κ1) is 21.2. The van der Waals surface area contributed by atoms with Gasteiger partial charge in [0.2, 0.25) is 0 Å². The summed E-state index contributed by atoms with van der Waals surface area (Å²) in [7, 11) is 1.67. The van der Waals surface area contributed by atoms with E-state index in [-0.39, 0.29) is 24.6 Å². The quantitative estimate of drug-likeness (QED) is 0.535. The molecule has 3 aromatic rings. The van der Waals surface area contributed by atoms with Gasteiger partial charge in [-0.2, -0.15) is 5.10 Å². The Morgan fingerprint density at radius 1 is 1.26 bits per heavy atom. The molecule has 1 aliphatic heterocycles. The Balaban J connectivity index is 1.52. The third kappa shape index (κ3) is 4.81. The Labute approximate surface area is 186 Å². The topological polar surface area (TPSA) is 67.1 Å². The average Bonchev–Trinajstić information content (AvgIpc) is 3.47. The number of nitrogens with zero attached hydrogens (tertiary/aromatic N) is 2. The highest BCUT2D eigenvalue weighted by molar-refractivity contribution is 6.30. The van der Waals surface area contributed by atoms with Crippen LogP contribution < -0.4 is 5.32 Å². The molecule has 2 heterocycles. The molecular weight excluding hydrogens is 414 g/mol. The maximum absolute atomic E-state index is 13.1. The summed E-state index contributed by atoms with van der Waals surface area (Å²) in [6.07, 6.45) is 2.16. The molecule has 0 fully saturated rings. The zero-order chi connectivity index (χ0) is 21.8. The van der Waals surface area contributed by atoms with Crippen molar-refractivity contribution < 1.29 is 13.9 Å². The number of hydrazone groups is 1. The predicted molar refractivity (Wildman–Crippen MR) is 121 cm³/mol. The highest BCUT2D eigenvalue weighted by atomic mass is 35.5. The second kappa shape index (κ2) is 9.37. The van der Waals surface area contributed by atoms with Gasteiger partial charge in [-0.25, -0.2) is 5.01 Å². The van der Waals surface area contributed by atoms with Crippen LogP contribution >= 0.6 is 11.6 Å². The van der Waals surface area contributed by atoms with Crippen LogP contribution in [0.15, 0.2) is 76.4 Å². The van der Waals surface area contributed by atoms with Crippen molar-refractivity contribution in [1.82, 2.24) is 5.01 Å². The van der Waals surface area contributed by atoms with Gasteiger partial charge >= 0.3 is 0 Å². The number of halogens is 1. The van der Waals surface area contributed by atoms with Crippen LogP contribution in [0, 0.1) is 0 Å². The van der Waals surface area contributed by atoms with Crippen LogP contribution in [-0.2, 0) is 9.53 Å². The molecule has 7 heteroatoms. The summed E-state index contributed by atoms with van der Waals surface area (Å²) in [6, 6.07) is 18.7. The fourth-order valence-corrected chi connectivity index (χ4v) is 3.68. The van der Waals surface area contributed by atoms with Crippen molar-refractivity contribution in [1.29, 1.82) is 0 Å². The van der Waals surface area contributed by atoms with Gasteiger partial charge in [0, 0.05) is 24.2 Å². The molecular formula is C24H24ClN3O3. The molecule has 2 unspecified atom stereocenters. The first-order valence-electron chi connectivity index (χ1n) is 10.1. The molecule has 31 heavy (non-hydrogen) atoms. The standard InChI is InChI=1S/C24H24ClN3O3/c1-16(30-2)18-5-3-6-20(13-18)26-15-24(29)28-22(23-7-4-12-31-23)14-21(27-28)17-8-10-19(25)11-9-17/h3-13,16,22,26H,14-15H2,1-2H3. The number of methoxy groups -OCH3 is 1. The molecule has 1 amide bonds. The number of furan rings is 1. The molecule has 0 saturated carbocycles. The van der Waals surface area contributed by atoms with Gasteiger partial charge in [-0.05, 0) is 54.4 Å². The Bertz CT molecular complexity index is 1060. The normalized spacial score (nSPS) is 16.8. The number of rotatable bonds is 7. The van der Waals surface area contributed by atoms with E-state index in [1.807, 2.05) is 67.6 Å². The lowest BCUT2D eigenvalue weighted by Crippen LogP contribution is -2.32. The van der Waals surface area contributed by atoms with Gasteiger partial charge in [-0.15, -0.1) is 0 Å². The zero-order valence-electron chi connectivity index (χ0n) is 17.4. The maximum Gasteiger partial charge on any atom is 0.262 e. The van der Waals surface area contributed by atoms with E-state index >= 15 is 0 Å². The Morgan fingerprint density at radius 2 is 2.06 bits per heavy atom. The van der Waals surface area contributed by atoms with Crippen LogP contribution in [0.3, 0.4) is 0 Å². The number of hydrogen-bond acceptors (Lipinski definition) is 5. The van der Waals surface area contributed by atoms with Crippen LogP contribution in [0.5, 0.6) is 0 Å². The molecule has 4 rings (SSSR count). The van der Waals surface area contributed by atoms with Crippen molar-refractivity contribution in [3.63, 3.8) is 0 Å². The molecule has 2 aromatic carbocycles. The summed E-state index contributed by atoms with van der Waals surface area (Å²) in [5.41, 5.74) is 3.65. The van der Waals surface area contributed by atoms with Gasteiger partial charge < -0.3 is 14.5 Å². The lowest BCUT2D eigenvalue weighted by molar-refractivity contribution is -0.131. The monoisotopic (exact) mass is 437 g/mol. The largest absolute Gasteiger partial charge is 0.467 e. The van der Waals surface area contributed by atoms with Crippen molar-refractivity contribution in [3.05, 3.63) is 88.8 Å². The third-order valence-electron chi connectivity index (χ3n) is 5.37. The summed E-state index contributed by atoms with van der Waals surface area (Å²) in [4.78, 5) is 13.1. The molecule has 1 N–H and O–H groups in total. The number of carbonyl (C=O) groups excluding carboxylic acids is 1. The predicted octanol–water partition coefficient (Wildman–Crippen LogP) is 5.43. The Morgan fingerprint density at radius 3 is 2.77 bits per heavy atom. The summed E-state index contributed by atoms with van der Waals surface area (Å²) < 4.78 is 11.0. The van der Waals surface area contributed by atoms with Gasteiger partial charge in [0.15, 0.2) is 0 Å².